The summed E-state index contributed by atoms with van der Waals surface area (Å²) in [7, 11) is 2.99. The minimum absolute atomic E-state index is 0.0880. The Balaban J connectivity index is 3.76. The van der Waals surface area contributed by atoms with Gasteiger partial charge in [0.2, 0.25) is 0 Å². The van der Waals surface area contributed by atoms with Crippen LogP contribution in [-0.2, 0) is 14.3 Å². The molecule has 11 heavy (non-hydrogen) atoms. The number of carbonyl (C=O) groups is 1. The maximum atomic E-state index is 11.0. The summed E-state index contributed by atoms with van der Waals surface area (Å²) < 4.78 is 9.48. The van der Waals surface area contributed by atoms with Crippen molar-refractivity contribution in [2.75, 3.05) is 20.8 Å². The second kappa shape index (κ2) is 6.16. The maximum Gasteiger partial charge on any atom is 0.311 e. The zero-order valence-electron chi connectivity index (χ0n) is 7.42. The number of methoxy groups -OCH3 is 2. The van der Waals surface area contributed by atoms with E-state index in [9.17, 15) is 4.79 Å². The summed E-state index contributed by atoms with van der Waals surface area (Å²) in [5.41, 5.74) is 0. The summed E-state index contributed by atoms with van der Waals surface area (Å²) in [6.07, 6.45) is 1.81. The first-order valence-corrected chi connectivity index (χ1v) is 3.83. The van der Waals surface area contributed by atoms with E-state index >= 15 is 0 Å². The van der Waals surface area contributed by atoms with Gasteiger partial charge in [0.15, 0.2) is 0 Å². The van der Waals surface area contributed by atoms with Crippen molar-refractivity contribution >= 4 is 5.97 Å². The van der Waals surface area contributed by atoms with E-state index in [1.54, 1.807) is 7.11 Å². The van der Waals surface area contributed by atoms with Gasteiger partial charge in [-0.25, -0.2) is 0 Å². The summed E-state index contributed by atoms with van der Waals surface area (Å²) in [5, 5.41) is 0. The molecule has 0 amide bonds. The van der Waals surface area contributed by atoms with E-state index < -0.39 is 0 Å². The number of hydrogen-bond acceptors (Lipinski definition) is 3. The summed E-state index contributed by atoms with van der Waals surface area (Å²) in [6.45, 7) is 2.49. The minimum Gasteiger partial charge on any atom is -0.469 e. The van der Waals surface area contributed by atoms with E-state index in [1.807, 2.05) is 6.92 Å². The molecule has 0 bridgehead atoms. The molecule has 0 aromatic rings. The van der Waals surface area contributed by atoms with Crippen LogP contribution in [0.1, 0.15) is 19.8 Å². The highest BCUT2D eigenvalue weighted by atomic mass is 16.5. The molecule has 0 rings (SSSR count). The lowest BCUT2D eigenvalue weighted by Crippen LogP contribution is -2.20. The predicted molar refractivity (Wildman–Crippen MR) is 42.3 cm³/mol. The standard InChI is InChI=1S/C8H16O3/c1-4-5-7(6-10-2)8(9)11-3/h7H,4-6H2,1-3H3. The molecule has 1 atom stereocenters. The quantitative estimate of drug-likeness (QED) is 0.567. The molecule has 3 heteroatoms. The molecule has 0 aliphatic rings. The predicted octanol–water partition coefficient (Wildman–Crippen LogP) is 1.22. The third-order valence-electron chi connectivity index (χ3n) is 1.54. The number of hydrogen-bond donors (Lipinski definition) is 0. The molecule has 0 aliphatic heterocycles. The molecule has 0 N–H and O–H groups in total. The monoisotopic (exact) mass is 160 g/mol. The van der Waals surface area contributed by atoms with Crippen LogP contribution in [0, 0.1) is 5.92 Å². The lowest BCUT2D eigenvalue weighted by molar-refractivity contribution is -0.147. The molecule has 0 radical (unpaired) electrons. The molecule has 0 spiro atoms. The van der Waals surface area contributed by atoms with E-state index in [2.05, 4.69) is 4.74 Å². The molecular weight excluding hydrogens is 144 g/mol. The van der Waals surface area contributed by atoms with Gasteiger partial charge in [-0.1, -0.05) is 13.3 Å². The van der Waals surface area contributed by atoms with Crippen LogP contribution in [0.2, 0.25) is 0 Å². The largest absolute Gasteiger partial charge is 0.469 e. The van der Waals surface area contributed by atoms with Crippen molar-refractivity contribution in [2.24, 2.45) is 5.92 Å². The Kier molecular flexibility index (Phi) is 5.84. The fourth-order valence-electron chi connectivity index (χ4n) is 0.986. The molecule has 0 heterocycles. The van der Waals surface area contributed by atoms with Gasteiger partial charge in [0.05, 0.1) is 19.6 Å². The van der Waals surface area contributed by atoms with Crippen LogP contribution in [0.5, 0.6) is 0 Å². The van der Waals surface area contributed by atoms with Gasteiger partial charge in [-0.05, 0) is 6.42 Å². The van der Waals surface area contributed by atoms with Crippen LogP contribution < -0.4 is 0 Å². The first-order valence-electron chi connectivity index (χ1n) is 3.83. The highest BCUT2D eigenvalue weighted by Gasteiger charge is 2.17. The zero-order valence-corrected chi connectivity index (χ0v) is 7.42. The van der Waals surface area contributed by atoms with Crippen LogP contribution in [0.25, 0.3) is 0 Å². The van der Waals surface area contributed by atoms with Crippen molar-refractivity contribution in [3.05, 3.63) is 0 Å². The Hall–Kier alpha value is -0.570. The van der Waals surface area contributed by atoms with Crippen molar-refractivity contribution in [2.45, 2.75) is 19.8 Å². The second-order valence-corrected chi connectivity index (χ2v) is 2.46. The molecule has 0 aromatic carbocycles. The highest BCUT2D eigenvalue weighted by Crippen LogP contribution is 2.07. The molecule has 0 saturated heterocycles. The van der Waals surface area contributed by atoms with E-state index in [-0.39, 0.29) is 11.9 Å². The molecule has 0 aromatic heterocycles. The minimum atomic E-state index is -0.172. The van der Waals surface area contributed by atoms with Crippen LogP contribution in [-0.4, -0.2) is 26.8 Å². The average molecular weight is 160 g/mol. The first-order chi connectivity index (χ1) is 5.26. The third kappa shape index (κ3) is 3.98. The Morgan fingerprint density at radius 1 is 1.45 bits per heavy atom. The second-order valence-electron chi connectivity index (χ2n) is 2.46. The molecule has 0 saturated carbocycles. The third-order valence-corrected chi connectivity index (χ3v) is 1.54. The molecule has 0 fully saturated rings. The number of esters is 1. The van der Waals surface area contributed by atoms with E-state index in [1.165, 1.54) is 7.11 Å². The van der Waals surface area contributed by atoms with Crippen LogP contribution in [0.3, 0.4) is 0 Å². The fraction of sp³-hybridized carbons (Fsp3) is 0.875. The smallest absolute Gasteiger partial charge is 0.311 e. The van der Waals surface area contributed by atoms with Crippen molar-refractivity contribution in [1.29, 1.82) is 0 Å². The Labute approximate surface area is 67.7 Å². The number of ether oxygens (including phenoxy) is 2. The van der Waals surface area contributed by atoms with E-state index in [0.29, 0.717) is 6.61 Å². The topological polar surface area (TPSA) is 35.5 Å². The van der Waals surface area contributed by atoms with Gasteiger partial charge in [0.1, 0.15) is 0 Å². The van der Waals surface area contributed by atoms with Crippen molar-refractivity contribution in [3.63, 3.8) is 0 Å². The average Bonchev–Trinajstić information content (AvgIpc) is 2.03. The van der Waals surface area contributed by atoms with Gasteiger partial charge >= 0.3 is 5.97 Å². The lowest BCUT2D eigenvalue weighted by atomic mass is 10.1. The highest BCUT2D eigenvalue weighted by molar-refractivity contribution is 5.72. The van der Waals surface area contributed by atoms with Gasteiger partial charge in [0, 0.05) is 7.11 Å². The van der Waals surface area contributed by atoms with Crippen LogP contribution >= 0.6 is 0 Å². The molecule has 0 aliphatic carbocycles. The fourth-order valence-corrected chi connectivity index (χ4v) is 0.986. The van der Waals surface area contributed by atoms with Crippen molar-refractivity contribution in [3.8, 4) is 0 Å². The number of carbonyl (C=O) groups excluding carboxylic acids is 1. The van der Waals surface area contributed by atoms with Crippen LogP contribution in [0.4, 0.5) is 0 Å². The van der Waals surface area contributed by atoms with Gasteiger partial charge < -0.3 is 9.47 Å². The van der Waals surface area contributed by atoms with E-state index in [0.717, 1.165) is 12.8 Å². The van der Waals surface area contributed by atoms with Gasteiger partial charge in [0.25, 0.3) is 0 Å². The molecule has 1 unspecified atom stereocenters. The SMILES string of the molecule is CCCC(COC)C(=O)OC. The Morgan fingerprint density at radius 3 is 2.45 bits per heavy atom. The van der Waals surface area contributed by atoms with Crippen molar-refractivity contribution < 1.29 is 14.3 Å². The Morgan fingerprint density at radius 2 is 2.09 bits per heavy atom. The van der Waals surface area contributed by atoms with Gasteiger partial charge in [-0.15, -0.1) is 0 Å². The molecule has 3 nitrogen and oxygen atoms in total. The Bertz CT molecular complexity index is 106. The normalized spacial score (nSPS) is 12.6. The lowest BCUT2D eigenvalue weighted by Gasteiger charge is -2.11. The summed E-state index contributed by atoms with van der Waals surface area (Å²) >= 11 is 0. The summed E-state index contributed by atoms with van der Waals surface area (Å²) in [5.74, 6) is -0.260. The number of rotatable bonds is 5. The molecule has 66 valence electrons. The maximum absolute atomic E-state index is 11.0. The van der Waals surface area contributed by atoms with E-state index in [4.69, 9.17) is 4.74 Å². The zero-order chi connectivity index (χ0) is 8.69. The first kappa shape index (κ1) is 10.4. The summed E-state index contributed by atoms with van der Waals surface area (Å²) in [6, 6.07) is 0. The summed E-state index contributed by atoms with van der Waals surface area (Å²) in [4.78, 5) is 11.0. The van der Waals surface area contributed by atoms with Crippen LogP contribution in [0.15, 0.2) is 0 Å². The van der Waals surface area contributed by atoms with Crippen molar-refractivity contribution in [1.82, 2.24) is 0 Å². The van der Waals surface area contributed by atoms with Gasteiger partial charge in [-0.2, -0.15) is 0 Å². The van der Waals surface area contributed by atoms with Gasteiger partial charge in [-0.3, -0.25) is 4.79 Å². The molecular formula is C8H16O3.